The molecule has 2 aromatic carbocycles. The van der Waals surface area contributed by atoms with Gasteiger partial charge in [0.25, 0.3) is 5.89 Å². The standard InChI is InChI=1S/C22H19F3N4O5S2/c1-35-12-33-21(30)16(26)11-18(27-17-9-4-3-8-15(17)22(23,24)25)20-28-19(29-34-20)13-6-5-7-14(10-13)36(2,31)32/h3-11H,12,26H2,1-2H3/b16-11-,27-18?. The molecule has 0 radical (unpaired) electrons. The van der Waals surface area contributed by atoms with E-state index in [-0.39, 0.29) is 33.8 Å². The summed E-state index contributed by atoms with van der Waals surface area (Å²) in [6.45, 7) is 0. The van der Waals surface area contributed by atoms with E-state index in [9.17, 15) is 26.4 Å². The maximum atomic E-state index is 13.5. The van der Waals surface area contributed by atoms with Crippen molar-refractivity contribution < 1.29 is 35.6 Å². The molecule has 3 rings (SSSR count). The van der Waals surface area contributed by atoms with Crippen molar-refractivity contribution in [1.29, 1.82) is 0 Å². The van der Waals surface area contributed by atoms with Gasteiger partial charge < -0.3 is 15.0 Å². The zero-order valence-corrected chi connectivity index (χ0v) is 20.4. The van der Waals surface area contributed by atoms with Crippen LogP contribution >= 0.6 is 11.8 Å². The molecule has 0 bridgehead atoms. The summed E-state index contributed by atoms with van der Waals surface area (Å²) in [6, 6.07) is 10.2. The molecule has 14 heteroatoms. The molecule has 190 valence electrons. The number of hydrogen-bond acceptors (Lipinski definition) is 10. The highest BCUT2D eigenvalue weighted by Gasteiger charge is 2.33. The summed E-state index contributed by atoms with van der Waals surface area (Å²) in [6.07, 6.45) is -1.04. The van der Waals surface area contributed by atoms with Crippen molar-refractivity contribution in [2.45, 2.75) is 11.1 Å². The summed E-state index contributed by atoms with van der Waals surface area (Å²) in [5.41, 5.74) is 3.70. The Hall–Kier alpha value is -3.65. The van der Waals surface area contributed by atoms with Crippen LogP contribution in [-0.2, 0) is 25.5 Å². The Labute approximate surface area is 208 Å². The van der Waals surface area contributed by atoms with E-state index in [1.807, 2.05) is 0 Å². The zero-order valence-electron chi connectivity index (χ0n) is 18.8. The molecule has 0 aliphatic heterocycles. The van der Waals surface area contributed by atoms with Gasteiger partial charge in [-0.3, -0.25) is 0 Å². The maximum Gasteiger partial charge on any atom is 0.418 e. The van der Waals surface area contributed by atoms with Gasteiger partial charge in [-0.2, -0.15) is 18.2 Å². The Morgan fingerprint density at radius 3 is 2.61 bits per heavy atom. The van der Waals surface area contributed by atoms with E-state index in [0.717, 1.165) is 24.5 Å². The van der Waals surface area contributed by atoms with Crippen molar-refractivity contribution in [3.05, 3.63) is 71.8 Å². The van der Waals surface area contributed by atoms with Gasteiger partial charge in [-0.1, -0.05) is 29.4 Å². The van der Waals surface area contributed by atoms with E-state index in [1.165, 1.54) is 48.2 Å². The Kier molecular flexibility index (Phi) is 8.20. The molecule has 0 atom stereocenters. The highest BCUT2D eigenvalue weighted by atomic mass is 32.2. The van der Waals surface area contributed by atoms with E-state index in [4.69, 9.17) is 15.0 Å². The van der Waals surface area contributed by atoms with Gasteiger partial charge in [0.05, 0.1) is 16.1 Å². The molecule has 0 fully saturated rings. The molecule has 0 saturated carbocycles. The number of rotatable bonds is 8. The highest BCUT2D eigenvalue weighted by Crippen LogP contribution is 2.36. The Morgan fingerprint density at radius 2 is 1.94 bits per heavy atom. The number of sulfone groups is 1. The lowest BCUT2D eigenvalue weighted by atomic mass is 10.1. The monoisotopic (exact) mass is 540 g/mol. The number of benzene rings is 2. The Morgan fingerprint density at radius 1 is 1.22 bits per heavy atom. The number of nitrogens with two attached hydrogens (primary N) is 1. The fourth-order valence-corrected chi connectivity index (χ4v) is 3.69. The van der Waals surface area contributed by atoms with Crippen molar-refractivity contribution in [1.82, 2.24) is 10.1 Å². The third-order valence-corrected chi connectivity index (χ3v) is 5.92. The van der Waals surface area contributed by atoms with Crippen LogP contribution in [0.5, 0.6) is 0 Å². The predicted molar refractivity (Wildman–Crippen MR) is 127 cm³/mol. The first-order chi connectivity index (χ1) is 16.9. The number of hydrogen-bond donors (Lipinski definition) is 1. The minimum Gasteiger partial charge on any atom is -0.450 e. The van der Waals surface area contributed by atoms with Crippen molar-refractivity contribution in [3.8, 4) is 11.4 Å². The number of aliphatic imine (C=N–C) groups is 1. The van der Waals surface area contributed by atoms with E-state index < -0.39 is 38.9 Å². The van der Waals surface area contributed by atoms with E-state index in [1.54, 1.807) is 6.26 Å². The quantitative estimate of drug-likeness (QED) is 0.195. The van der Waals surface area contributed by atoms with Gasteiger partial charge in [0.15, 0.2) is 9.84 Å². The van der Waals surface area contributed by atoms with Crippen LogP contribution < -0.4 is 5.73 Å². The molecule has 3 aromatic rings. The number of para-hydroxylation sites is 1. The van der Waals surface area contributed by atoms with Crippen LogP contribution in [0.4, 0.5) is 18.9 Å². The average Bonchev–Trinajstić information content (AvgIpc) is 3.31. The first kappa shape index (κ1) is 26.9. The number of aromatic nitrogens is 2. The van der Waals surface area contributed by atoms with E-state index in [0.29, 0.717) is 0 Å². The minimum absolute atomic E-state index is 0.0000230. The molecule has 0 aliphatic rings. The highest BCUT2D eigenvalue weighted by molar-refractivity contribution is 7.98. The molecule has 0 saturated heterocycles. The average molecular weight is 541 g/mol. The smallest absolute Gasteiger partial charge is 0.418 e. The molecule has 0 unspecified atom stereocenters. The van der Waals surface area contributed by atoms with Gasteiger partial charge in [0.1, 0.15) is 17.3 Å². The van der Waals surface area contributed by atoms with Gasteiger partial charge in [-0.15, -0.1) is 11.8 Å². The van der Waals surface area contributed by atoms with Gasteiger partial charge in [0, 0.05) is 11.8 Å². The molecule has 1 heterocycles. The molecule has 0 amide bonds. The van der Waals surface area contributed by atoms with Gasteiger partial charge >= 0.3 is 12.1 Å². The van der Waals surface area contributed by atoms with Gasteiger partial charge in [-0.05, 0) is 36.6 Å². The normalized spacial score (nSPS) is 13.0. The zero-order chi connectivity index (χ0) is 26.5. The number of alkyl halides is 3. The number of allylic oxidation sites excluding steroid dienone is 1. The fourth-order valence-electron chi connectivity index (χ4n) is 2.80. The second-order valence-electron chi connectivity index (χ2n) is 7.17. The molecule has 0 spiro atoms. The Balaban J connectivity index is 2.12. The molecular formula is C22H19F3N4O5S2. The number of carbonyl (C=O) groups excluding carboxylic acids is 1. The number of esters is 1. The van der Waals surface area contributed by atoms with Crippen molar-refractivity contribution in [3.63, 3.8) is 0 Å². The third-order valence-electron chi connectivity index (χ3n) is 4.45. The number of ether oxygens (including phenoxy) is 1. The number of halogens is 3. The van der Waals surface area contributed by atoms with Crippen LogP contribution in [0, 0.1) is 0 Å². The minimum atomic E-state index is -4.72. The SMILES string of the molecule is CSCOC(=O)/C(N)=C/C(=Nc1ccccc1C(F)(F)F)c1nc(-c2cccc(S(C)(=O)=O)c2)no1. The molecule has 36 heavy (non-hydrogen) atoms. The van der Waals surface area contributed by atoms with Crippen molar-refractivity contribution in [2.24, 2.45) is 10.7 Å². The molecule has 0 aliphatic carbocycles. The van der Waals surface area contributed by atoms with Crippen LogP contribution in [0.2, 0.25) is 0 Å². The van der Waals surface area contributed by atoms with Crippen molar-refractivity contribution in [2.75, 3.05) is 18.5 Å². The molecular weight excluding hydrogens is 521 g/mol. The van der Waals surface area contributed by atoms with Crippen LogP contribution in [0.25, 0.3) is 11.4 Å². The molecule has 2 N–H and O–H groups in total. The van der Waals surface area contributed by atoms with Gasteiger partial charge in [-0.25, -0.2) is 18.2 Å². The fraction of sp³-hybridized carbons (Fsp3) is 0.182. The predicted octanol–water partition coefficient (Wildman–Crippen LogP) is 3.99. The molecule has 1 aromatic heterocycles. The number of nitrogens with zero attached hydrogens (tertiary/aromatic N) is 3. The first-order valence-electron chi connectivity index (χ1n) is 9.93. The molecule has 9 nitrogen and oxygen atoms in total. The van der Waals surface area contributed by atoms with Crippen LogP contribution in [0.3, 0.4) is 0 Å². The summed E-state index contributed by atoms with van der Waals surface area (Å²) in [7, 11) is -3.53. The summed E-state index contributed by atoms with van der Waals surface area (Å²) in [4.78, 5) is 20.2. The lowest BCUT2D eigenvalue weighted by molar-refractivity contribution is -0.137. The number of thioether (sulfide) groups is 1. The van der Waals surface area contributed by atoms with Crippen LogP contribution in [0.1, 0.15) is 11.5 Å². The summed E-state index contributed by atoms with van der Waals surface area (Å²) in [5, 5.41) is 3.77. The van der Waals surface area contributed by atoms with E-state index in [2.05, 4.69) is 15.1 Å². The maximum absolute atomic E-state index is 13.5. The second-order valence-corrected chi connectivity index (χ2v) is 10.0. The second kappa shape index (κ2) is 11.0. The van der Waals surface area contributed by atoms with Crippen molar-refractivity contribution >= 4 is 39.0 Å². The summed E-state index contributed by atoms with van der Waals surface area (Å²) in [5.74, 6) is -1.36. The number of carbonyl (C=O) groups is 1. The summed E-state index contributed by atoms with van der Waals surface area (Å²) >= 11 is 1.21. The largest absolute Gasteiger partial charge is 0.450 e. The van der Waals surface area contributed by atoms with Gasteiger partial charge in [0.2, 0.25) is 5.82 Å². The Bertz CT molecular complexity index is 1430. The lowest BCUT2D eigenvalue weighted by Gasteiger charge is -2.10. The lowest BCUT2D eigenvalue weighted by Crippen LogP contribution is -2.17. The third kappa shape index (κ3) is 6.73. The van der Waals surface area contributed by atoms with Crippen LogP contribution in [-0.4, -0.2) is 48.7 Å². The van der Waals surface area contributed by atoms with E-state index >= 15 is 0 Å². The summed E-state index contributed by atoms with van der Waals surface area (Å²) < 4.78 is 74.3. The van der Waals surface area contributed by atoms with Crippen LogP contribution in [0.15, 0.2) is 74.7 Å². The first-order valence-corrected chi connectivity index (χ1v) is 13.2. The topological polar surface area (TPSA) is 138 Å².